The lowest BCUT2D eigenvalue weighted by molar-refractivity contribution is -0.385. The quantitative estimate of drug-likeness (QED) is 0.339. The summed E-state index contributed by atoms with van der Waals surface area (Å²) in [7, 11) is 0. The molecule has 0 unspecified atom stereocenters. The van der Waals surface area contributed by atoms with Crippen molar-refractivity contribution in [3.05, 3.63) is 68.5 Å². The molecule has 5 nitrogen and oxygen atoms in total. The highest BCUT2D eigenvalue weighted by molar-refractivity contribution is 7.98. The second-order valence-electron chi connectivity index (χ2n) is 4.80. The van der Waals surface area contributed by atoms with Crippen molar-refractivity contribution in [2.24, 2.45) is 4.99 Å². The first-order valence-electron chi connectivity index (χ1n) is 6.97. The Morgan fingerprint density at radius 3 is 2.83 bits per heavy atom. The predicted molar refractivity (Wildman–Crippen MR) is 94.8 cm³/mol. The molecule has 24 heavy (non-hydrogen) atoms. The van der Waals surface area contributed by atoms with Crippen LogP contribution in [0.25, 0.3) is 0 Å². The van der Waals surface area contributed by atoms with Crippen molar-refractivity contribution in [2.75, 3.05) is 12.3 Å². The number of aliphatic imine (C=N–C) groups is 1. The van der Waals surface area contributed by atoms with Crippen molar-refractivity contribution in [3.63, 3.8) is 0 Å². The second kappa shape index (κ2) is 8.65. The van der Waals surface area contributed by atoms with Crippen molar-refractivity contribution in [3.8, 4) is 5.75 Å². The lowest BCUT2D eigenvalue weighted by Gasteiger charge is -2.02. The van der Waals surface area contributed by atoms with Gasteiger partial charge in [0.1, 0.15) is 5.82 Å². The Bertz CT molecular complexity index is 771. The van der Waals surface area contributed by atoms with E-state index in [1.807, 2.05) is 0 Å². The van der Waals surface area contributed by atoms with Crippen LogP contribution in [0.4, 0.5) is 10.1 Å². The van der Waals surface area contributed by atoms with Crippen LogP contribution in [0.5, 0.6) is 5.75 Å². The number of nitrogens with zero attached hydrogens (tertiary/aromatic N) is 2. The van der Waals surface area contributed by atoms with Crippen molar-refractivity contribution in [1.29, 1.82) is 0 Å². The summed E-state index contributed by atoms with van der Waals surface area (Å²) in [5.74, 6) is 0.487. The molecule has 2 rings (SSSR count). The summed E-state index contributed by atoms with van der Waals surface area (Å²) in [5, 5.41) is 20.8. The minimum absolute atomic E-state index is 0.148. The fourth-order valence-electron chi connectivity index (χ4n) is 1.92. The number of halogens is 2. The van der Waals surface area contributed by atoms with Gasteiger partial charge in [0, 0.05) is 40.9 Å². The molecule has 0 spiro atoms. The van der Waals surface area contributed by atoms with Gasteiger partial charge in [0.05, 0.1) is 4.92 Å². The van der Waals surface area contributed by atoms with Crippen LogP contribution in [0.2, 0.25) is 5.02 Å². The standard InChI is InChI=1S/C16H14ClFN2O3S/c17-13-7-12(16(21)15(8-13)20(22)23)9-19-5-6-24-10-11-3-1-2-4-14(11)18/h1-4,7-9,21H,5-6,10H2. The van der Waals surface area contributed by atoms with Crippen LogP contribution in [-0.4, -0.2) is 28.5 Å². The monoisotopic (exact) mass is 368 g/mol. The Balaban J connectivity index is 1.89. The number of phenols is 1. The van der Waals surface area contributed by atoms with E-state index in [2.05, 4.69) is 4.99 Å². The highest BCUT2D eigenvalue weighted by Crippen LogP contribution is 2.32. The molecule has 126 valence electrons. The SMILES string of the molecule is O=[N+]([O-])c1cc(Cl)cc(C=NCCSCc2ccccc2F)c1O. The average Bonchev–Trinajstić information content (AvgIpc) is 2.54. The van der Waals surface area contributed by atoms with Gasteiger partial charge in [-0.05, 0) is 17.7 Å². The van der Waals surface area contributed by atoms with Gasteiger partial charge in [-0.25, -0.2) is 4.39 Å². The van der Waals surface area contributed by atoms with Gasteiger partial charge in [-0.2, -0.15) is 11.8 Å². The Hall–Kier alpha value is -2.12. The molecule has 0 saturated heterocycles. The van der Waals surface area contributed by atoms with Crippen LogP contribution in [0, 0.1) is 15.9 Å². The van der Waals surface area contributed by atoms with E-state index >= 15 is 0 Å². The first-order valence-corrected chi connectivity index (χ1v) is 8.50. The van der Waals surface area contributed by atoms with Crippen molar-refractivity contribution >= 4 is 35.3 Å². The minimum atomic E-state index is -0.706. The van der Waals surface area contributed by atoms with E-state index in [0.29, 0.717) is 23.6 Å². The fourth-order valence-corrected chi connectivity index (χ4v) is 2.97. The van der Waals surface area contributed by atoms with E-state index in [0.717, 1.165) is 6.07 Å². The van der Waals surface area contributed by atoms with Crippen LogP contribution in [0.3, 0.4) is 0 Å². The summed E-state index contributed by atoms with van der Waals surface area (Å²) in [6.07, 6.45) is 1.35. The Labute approximate surface area is 147 Å². The van der Waals surface area contributed by atoms with E-state index in [4.69, 9.17) is 11.6 Å². The number of hydrogen-bond acceptors (Lipinski definition) is 5. The molecule has 0 aliphatic carbocycles. The number of nitro groups is 1. The Kier molecular flexibility index (Phi) is 6.57. The third-order valence-electron chi connectivity index (χ3n) is 3.09. The van der Waals surface area contributed by atoms with Gasteiger partial charge in [-0.3, -0.25) is 15.1 Å². The van der Waals surface area contributed by atoms with E-state index in [9.17, 15) is 19.6 Å². The number of rotatable bonds is 7. The molecule has 0 fully saturated rings. The number of aromatic hydroxyl groups is 1. The number of phenolic OH excluding ortho intramolecular Hbond substituents is 1. The summed E-state index contributed by atoms with van der Waals surface area (Å²) in [4.78, 5) is 14.2. The maximum Gasteiger partial charge on any atom is 0.312 e. The average molecular weight is 369 g/mol. The van der Waals surface area contributed by atoms with Crippen molar-refractivity contribution in [1.82, 2.24) is 0 Å². The van der Waals surface area contributed by atoms with E-state index in [1.165, 1.54) is 30.1 Å². The molecule has 0 radical (unpaired) electrons. The second-order valence-corrected chi connectivity index (χ2v) is 6.34. The lowest BCUT2D eigenvalue weighted by atomic mass is 10.2. The highest BCUT2D eigenvalue weighted by Gasteiger charge is 2.17. The number of nitro benzene ring substituents is 1. The minimum Gasteiger partial charge on any atom is -0.502 e. The van der Waals surface area contributed by atoms with Crippen LogP contribution in [0.15, 0.2) is 41.4 Å². The fraction of sp³-hybridized carbons (Fsp3) is 0.188. The lowest BCUT2D eigenvalue weighted by Crippen LogP contribution is -1.94. The highest BCUT2D eigenvalue weighted by atomic mass is 35.5. The Morgan fingerprint density at radius 2 is 2.12 bits per heavy atom. The van der Waals surface area contributed by atoms with Crippen LogP contribution >= 0.6 is 23.4 Å². The van der Waals surface area contributed by atoms with Crippen LogP contribution in [-0.2, 0) is 5.75 Å². The smallest absolute Gasteiger partial charge is 0.312 e. The van der Waals surface area contributed by atoms with Gasteiger partial charge in [-0.15, -0.1) is 0 Å². The topological polar surface area (TPSA) is 75.7 Å². The largest absolute Gasteiger partial charge is 0.502 e. The van der Waals surface area contributed by atoms with Crippen LogP contribution in [0.1, 0.15) is 11.1 Å². The first-order chi connectivity index (χ1) is 11.5. The molecule has 0 aromatic heterocycles. The summed E-state index contributed by atoms with van der Waals surface area (Å²) in [6.45, 7) is 0.429. The Morgan fingerprint density at radius 1 is 1.38 bits per heavy atom. The summed E-state index contributed by atoms with van der Waals surface area (Å²) >= 11 is 7.31. The third-order valence-corrected chi connectivity index (χ3v) is 4.30. The van der Waals surface area contributed by atoms with E-state index in [1.54, 1.807) is 18.2 Å². The zero-order valence-corrected chi connectivity index (χ0v) is 14.1. The summed E-state index contributed by atoms with van der Waals surface area (Å²) in [6, 6.07) is 9.06. The molecule has 0 aliphatic heterocycles. The van der Waals surface area contributed by atoms with E-state index < -0.39 is 16.4 Å². The summed E-state index contributed by atoms with van der Waals surface area (Å²) in [5.41, 5.74) is 0.362. The van der Waals surface area contributed by atoms with Crippen molar-refractivity contribution < 1.29 is 14.4 Å². The zero-order valence-electron chi connectivity index (χ0n) is 12.5. The predicted octanol–water partition coefficient (Wildman–Crippen LogP) is 4.45. The van der Waals surface area contributed by atoms with Gasteiger partial charge >= 0.3 is 5.69 Å². The number of thioether (sulfide) groups is 1. The number of hydrogen-bond donors (Lipinski definition) is 1. The van der Waals surface area contributed by atoms with Crippen LogP contribution < -0.4 is 0 Å². The maximum absolute atomic E-state index is 13.4. The van der Waals surface area contributed by atoms with Gasteiger partial charge in [0.2, 0.25) is 5.75 Å². The molecule has 1 N–H and O–H groups in total. The number of benzene rings is 2. The van der Waals surface area contributed by atoms with Gasteiger partial charge in [0.25, 0.3) is 0 Å². The van der Waals surface area contributed by atoms with E-state index in [-0.39, 0.29) is 16.4 Å². The molecular weight excluding hydrogens is 355 g/mol. The molecular formula is C16H14ClFN2O3S. The third kappa shape index (κ3) is 4.94. The van der Waals surface area contributed by atoms with Crippen molar-refractivity contribution in [2.45, 2.75) is 5.75 Å². The first kappa shape index (κ1) is 18.2. The van der Waals surface area contributed by atoms with Gasteiger partial charge in [-0.1, -0.05) is 29.8 Å². The molecule has 0 heterocycles. The molecule has 8 heteroatoms. The van der Waals surface area contributed by atoms with Gasteiger partial charge in [0.15, 0.2) is 0 Å². The molecule has 0 bridgehead atoms. The molecule has 0 aliphatic rings. The molecule has 0 saturated carbocycles. The van der Waals surface area contributed by atoms with Gasteiger partial charge < -0.3 is 5.11 Å². The maximum atomic E-state index is 13.4. The summed E-state index contributed by atoms with van der Waals surface area (Å²) < 4.78 is 13.4. The molecule has 0 atom stereocenters. The normalized spacial score (nSPS) is 11.1. The molecule has 2 aromatic carbocycles. The zero-order chi connectivity index (χ0) is 17.5. The molecule has 2 aromatic rings. The molecule has 0 amide bonds.